The lowest BCUT2D eigenvalue weighted by molar-refractivity contribution is -0.272. The van der Waals surface area contributed by atoms with Crippen molar-refractivity contribution in [2.75, 3.05) is 11.0 Å². The van der Waals surface area contributed by atoms with Gasteiger partial charge in [-0.3, -0.25) is 0 Å². The fraction of sp³-hybridized carbons (Fsp3) is 0.333. The number of hydrogen-bond acceptors (Lipinski definition) is 5. The third-order valence-corrected chi connectivity index (χ3v) is 8.00. The minimum atomic E-state index is -0.393. The number of rotatable bonds is 15. The predicted octanol–water partition coefficient (Wildman–Crippen LogP) is 7.55. The molecule has 0 bridgehead atoms. The SMILES string of the molecule is ICC[C@@H]1O[C@H](COCc2ccccc2)[C@H](OCc2ccccc2)[C@H](OCc2ccccc2)[C@H]1OCc1ccccc1. The van der Waals surface area contributed by atoms with E-state index in [0.29, 0.717) is 33.0 Å². The largest absolute Gasteiger partial charge is 0.374 e. The maximum atomic E-state index is 6.79. The highest BCUT2D eigenvalue weighted by atomic mass is 127. The lowest BCUT2D eigenvalue weighted by atomic mass is 9.92. The van der Waals surface area contributed by atoms with Gasteiger partial charge in [0.1, 0.15) is 24.4 Å². The van der Waals surface area contributed by atoms with Crippen LogP contribution in [0.1, 0.15) is 28.7 Å². The Morgan fingerprint density at radius 1 is 0.476 bits per heavy atom. The molecule has 0 radical (unpaired) electrons. The molecule has 5 atom stereocenters. The highest BCUT2D eigenvalue weighted by Gasteiger charge is 2.48. The summed E-state index contributed by atoms with van der Waals surface area (Å²) in [5.41, 5.74) is 4.44. The van der Waals surface area contributed by atoms with Gasteiger partial charge in [0.2, 0.25) is 0 Å². The number of alkyl halides is 1. The van der Waals surface area contributed by atoms with Crippen molar-refractivity contribution >= 4 is 22.6 Å². The monoisotopic (exact) mass is 678 g/mol. The van der Waals surface area contributed by atoms with Gasteiger partial charge in [0, 0.05) is 4.43 Å². The Bertz CT molecular complexity index is 1280. The molecule has 42 heavy (non-hydrogen) atoms. The van der Waals surface area contributed by atoms with E-state index in [4.69, 9.17) is 23.7 Å². The van der Waals surface area contributed by atoms with E-state index in [1.807, 2.05) is 72.8 Å². The molecular formula is C36H39IO5. The van der Waals surface area contributed by atoms with E-state index in [2.05, 4.69) is 71.1 Å². The van der Waals surface area contributed by atoms with Crippen molar-refractivity contribution < 1.29 is 23.7 Å². The van der Waals surface area contributed by atoms with E-state index < -0.39 is 6.10 Å². The maximum absolute atomic E-state index is 6.79. The molecular weight excluding hydrogens is 639 g/mol. The highest BCUT2D eigenvalue weighted by molar-refractivity contribution is 14.1. The van der Waals surface area contributed by atoms with E-state index in [1.165, 1.54) is 0 Å². The topological polar surface area (TPSA) is 46.2 Å². The van der Waals surface area contributed by atoms with Crippen molar-refractivity contribution in [1.29, 1.82) is 0 Å². The van der Waals surface area contributed by atoms with Gasteiger partial charge in [-0.1, -0.05) is 144 Å². The first-order valence-electron chi connectivity index (χ1n) is 14.6. The second kappa shape index (κ2) is 16.9. The molecule has 4 aromatic carbocycles. The Morgan fingerprint density at radius 3 is 1.29 bits per heavy atom. The molecule has 0 aromatic heterocycles. The molecule has 1 aliphatic rings. The van der Waals surface area contributed by atoms with Crippen molar-refractivity contribution in [3.05, 3.63) is 144 Å². The summed E-state index contributed by atoms with van der Waals surface area (Å²) < 4.78 is 34.1. The average molecular weight is 679 g/mol. The zero-order valence-electron chi connectivity index (χ0n) is 23.8. The van der Waals surface area contributed by atoms with E-state index in [-0.39, 0.29) is 24.4 Å². The molecule has 0 aliphatic carbocycles. The molecule has 1 saturated heterocycles. The molecule has 1 heterocycles. The summed E-state index contributed by atoms with van der Waals surface area (Å²) in [5, 5.41) is 0. The quantitative estimate of drug-likeness (QED) is 0.0961. The van der Waals surface area contributed by atoms with Crippen molar-refractivity contribution in [1.82, 2.24) is 0 Å². The van der Waals surface area contributed by atoms with Crippen LogP contribution in [0.15, 0.2) is 121 Å². The first kappa shape index (κ1) is 30.9. The molecule has 1 aliphatic heterocycles. The smallest absolute Gasteiger partial charge is 0.115 e. The van der Waals surface area contributed by atoms with Gasteiger partial charge in [-0.15, -0.1) is 0 Å². The molecule has 5 nitrogen and oxygen atoms in total. The van der Waals surface area contributed by atoms with Crippen LogP contribution >= 0.6 is 22.6 Å². The van der Waals surface area contributed by atoms with Crippen molar-refractivity contribution in [3.8, 4) is 0 Å². The Kier molecular flexibility index (Phi) is 12.4. The molecule has 1 fully saturated rings. The summed E-state index contributed by atoms with van der Waals surface area (Å²) in [6.45, 7) is 2.27. The van der Waals surface area contributed by atoms with E-state index >= 15 is 0 Å². The first-order chi connectivity index (χ1) is 20.8. The average Bonchev–Trinajstić information content (AvgIpc) is 3.05. The lowest BCUT2D eigenvalue weighted by Crippen LogP contribution is -2.61. The van der Waals surface area contributed by atoms with Crippen LogP contribution in [0.4, 0.5) is 0 Å². The molecule has 0 saturated carbocycles. The van der Waals surface area contributed by atoms with Crippen LogP contribution in [0, 0.1) is 0 Å². The van der Waals surface area contributed by atoms with Crippen molar-refractivity contribution in [2.24, 2.45) is 0 Å². The normalized spacial score (nSPS) is 22.2. The highest BCUT2D eigenvalue weighted by Crippen LogP contribution is 2.32. The van der Waals surface area contributed by atoms with Gasteiger partial charge >= 0.3 is 0 Å². The molecule has 4 aromatic rings. The van der Waals surface area contributed by atoms with Gasteiger partial charge in [-0.2, -0.15) is 0 Å². The zero-order chi connectivity index (χ0) is 28.8. The second-order valence-electron chi connectivity index (χ2n) is 10.5. The van der Waals surface area contributed by atoms with Crippen LogP contribution in [-0.4, -0.2) is 41.6 Å². The van der Waals surface area contributed by atoms with Crippen LogP contribution in [0.25, 0.3) is 0 Å². The van der Waals surface area contributed by atoms with E-state index in [9.17, 15) is 0 Å². The summed E-state index contributed by atoms with van der Waals surface area (Å²) in [6, 6.07) is 41.0. The Morgan fingerprint density at radius 2 is 0.857 bits per heavy atom. The molecule has 0 N–H and O–H groups in total. The molecule has 220 valence electrons. The van der Waals surface area contributed by atoms with Crippen LogP contribution in [-0.2, 0) is 50.1 Å². The van der Waals surface area contributed by atoms with Gasteiger partial charge in [0.05, 0.1) is 39.1 Å². The zero-order valence-corrected chi connectivity index (χ0v) is 26.0. The third kappa shape index (κ3) is 9.20. The third-order valence-electron chi connectivity index (χ3n) is 7.37. The van der Waals surface area contributed by atoms with Crippen LogP contribution in [0.2, 0.25) is 0 Å². The van der Waals surface area contributed by atoms with Crippen molar-refractivity contribution in [3.63, 3.8) is 0 Å². The molecule has 0 spiro atoms. The van der Waals surface area contributed by atoms with Crippen molar-refractivity contribution in [2.45, 2.75) is 63.4 Å². The summed E-state index contributed by atoms with van der Waals surface area (Å²) >= 11 is 2.41. The molecule has 5 rings (SSSR count). The van der Waals surface area contributed by atoms with E-state index in [1.54, 1.807) is 0 Å². The van der Waals surface area contributed by atoms with Gasteiger partial charge in [-0.05, 0) is 28.7 Å². The maximum Gasteiger partial charge on any atom is 0.115 e. The van der Waals surface area contributed by atoms with Gasteiger partial charge < -0.3 is 23.7 Å². The Labute approximate surface area is 263 Å². The van der Waals surface area contributed by atoms with Crippen LogP contribution in [0.5, 0.6) is 0 Å². The van der Waals surface area contributed by atoms with Gasteiger partial charge in [0.25, 0.3) is 0 Å². The summed E-state index contributed by atoms with van der Waals surface area (Å²) in [5.74, 6) is 0. The molecule has 6 heteroatoms. The minimum absolute atomic E-state index is 0.159. The first-order valence-corrected chi connectivity index (χ1v) is 16.1. The summed E-state index contributed by atoms with van der Waals surface area (Å²) in [6.07, 6.45) is -0.697. The predicted molar refractivity (Wildman–Crippen MR) is 173 cm³/mol. The summed E-state index contributed by atoms with van der Waals surface area (Å²) in [7, 11) is 0. The number of hydrogen-bond donors (Lipinski definition) is 0. The van der Waals surface area contributed by atoms with Crippen LogP contribution in [0.3, 0.4) is 0 Å². The minimum Gasteiger partial charge on any atom is -0.374 e. The number of ether oxygens (including phenoxy) is 5. The molecule has 0 amide bonds. The van der Waals surface area contributed by atoms with Gasteiger partial charge in [-0.25, -0.2) is 0 Å². The second-order valence-corrected chi connectivity index (χ2v) is 11.6. The van der Waals surface area contributed by atoms with E-state index in [0.717, 1.165) is 33.1 Å². The Balaban J connectivity index is 1.40. The fourth-order valence-corrected chi connectivity index (χ4v) is 5.84. The van der Waals surface area contributed by atoms with Gasteiger partial charge in [0.15, 0.2) is 0 Å². The summed E-state index contributed by atoms with van der Waals surface area (Å²) in [4.78, 5) is 0. The van der Waals surface area contributed by atoms with Crippen LogP contribution < -0.4 is 0 Å². The Hall–Kier alpha value is -2.59. The number of benzene rings is 4. The number of halogens is 1. The standard InChI is InChI=1S/C36H39IO5/c37-22-21-32-34(39-24-29-15-7-2-8-16-29)36(41-26-31-19-11-4-12-20-31)35(40-25-30-17-9-3-10-18-30)33(42-32)27-38-23-28-13-5-1-6-14-28/h1-20,32-36H,21-27H2/t32-,33+,34-,35-,36+/m0/s1. The molecule has 0 unspecified atom stereocenters. The fourth-order valence-electron chi connectivity index (χ4n) is 5.22. The lowest BCUT2D eigenvalue weighted by Gasteiger charge is -2.46.